The van der Waals surface area contributed by atoms with Crippen molar-refractivity contribution in [1.29, 1.82) is 0 Å². The standard InChI is InChI=1S/C15H22N6O/c1-12-17-4-8-21(12)15-11-16-10-14(19-15)20-6-2-13(3-7-20)18-5-9-22/h4,8,10-11,13,18,22H,2-3,5-7,9H2,1H3. The number of aryl methyl sites for hydroxylation is 1. The van der Waals surface area contributed by atoms with Crippen molar-refractivity contribution in [3.8, 4) is 5.82 Å². The van der Waals surface area contributed by atoms with Gasteiger partial charge in [0.25, 0.3) is 0 Å². The van der Waals surface area contributed by atoms with Crippen LogP contribution in [-0.4, -0.2) is 56.9 Å². The van der Waals surface area contributed by atoms with E-state index in [9.17, 15) is 0 Å². The minimum absolute atomic E-state index is 0.192. The van der Waals surface area contributed by atoms with Gasteiger partial charge in [-0.1, -0.05) is 0 Å². The van der Waals surface area contributed by atoms with Gasteiger partial charge in [0.15, 0.2) is 5.82 Å². The molecule has 3 heterocycles. The van der Waals surface area contributed by atoms with E-state index in [1.54, 1.807) is 12.4 Å². The van der Waals surface area contributed by atoms with Crippen LogP contribution in [0.4, 0.5) is 5.82 Å². The van der Waals surface area contributed by atoms with Crippen LogP contribution < -0.4 is 10.2 Å². The molecule has 7 heteroatoms. The number of imidazole rings is 1. The van der Waals surface area contributed by atoms with Crippen molar-refractivity contribution in [2.24, 2.45) is 0 Å². The summed E-state index contributed by atoms with van der Waals surface area (Å²) in [5.74, 6) is 2.61. The van der Waals surface area contributed by atoms with Gasteiger partial charge in [-0.3, -0.25) is 9.55 Å². The van der Waals surface area contributed by atoms with Crippen LogP contribution in [0.1, 0.15) is 18.7 Å². The number of aliphatic hydroxyl groups excluding tert-OH is 1. The third-order valence-electron chi connectivity index (χ3n) is 4.05. The number of anilines is 1. The first-order chi connectivity index (χ1) is 10.8. The Hall–Kier alpha value is -1.99. The van der Waals surface area contributed by atoms with Crippen LogP contribution in [0.3, 0.4) is 0 Å². The Morgan fingerprint density at radius 2 is 2.05 bits per heavy atom. The molecule has 1 aliphatic heterocycles. The molecule has 1 fully saturated rings. The molecule has 22 heavy (non-hydrogen) atoms. The molecule has 118 valence electrons. The Kier molecular flexibility index (Phi) is 4.65. The normalized spacial score (nSPS) is 16.2. The van der Waals surface area contributed by atoms with E-state index in [2.05, 4.69) is 20.2 Å². The number of hydrogen-bond donors (Lipinski definition) is 2. The molecule has 0 spiro atoms. The number of nitrogens with zero attached hydrogens (tertiary/aromatic N) is 5. The lowest BCUT2D eigenvalue weighted by atomic mass is 10.1. The molecule has 2 N–H and O–H groups in total. The Labute approximate surface area is 130 Å². The van der Waals surface area contributed by atoms with Crippen molar-refractivity contribution in [1.82, 2.24) is 24.8 Å². The van der Waals surface area contributed by atoms with E-state index in [0.29, 0.717) is 12.6 Å². The van der Waals surface area contributed by atoms with Gasteiger partial charge in [-0.25, -0.2) is 9.97 Å². The molecule has 1 saturated heterocycles. The topological polar surface area (TPSA) is 79.1 Å². The van der Waals surface area contributed by atoms with Crippen LogP contribution in [0.15, 0.2) is 24.8 Å². The largest absolute Gasteiger partial charge is 0.395 e. The molecule has 0 saturated carbocycles. The van der Waals surface area contributed by atoms with Gasteiger partial charge in [-0.05, 0) is 19.8 Å². The maximum Gasteiger partial charge on any atom is 0.159 e. The fourth-order valence-electron chi connectivity index (χ4n) is 2.82. The Morgan fingerprint density at radius 1 is 1.27 bits per heavy atom. The number of aliphatic hydroxyl groups is 1. The number of nitrogens with one attached hydrogen (secondary N) is 1. The van der Waals surface area contributed by atoms with Gasteiger partial charge in [0, 0.05) is 38.1 Å². The summed E-state index contributed by atoms with van der Waals surface area (Å²) in [6, 6.07) is 0.482. The average Bonchev–Trinajstić information content (AvgIpc) is 3.00. The highest BCUT2D eigenvalue weighted by Gasteiger charge is 2.20. The molecule has 3 rings (SSSR count). The second kappa shape index (κ2) is 6.85. The summed E-state index contributed by atoms with van der Waals surface area (Å²) < 4.78 is 1.94. The third-order valence-corrected chi connectivity index (χ3v) is 4.05. The zero-order valence-electron chi connectivity index (χ0n) is 12.8. The van der Waals surface area contributed by atoms with Crippen LogP contribution >= 0.6 is 0 Å². The van der Waals surface area contributed by atoms with Gasteiger partial charge in [0.2, 0.25) is 0 Å². The molecular weight excluding hydrogens is 280 g/mol. The number of piperidine rings is 1. The van der Waals surface area contributed by atoms with E-state index in [4.69, 9.17) is 10.1 Å². The first-order valence-electron chi connectivity index (χ1n) is 7.69. The van der Waals surface area contributed by atoms with Gasteiger partial charge in [-0.2, -0.15) is 0 Å². The summed E-state index contributed by atoms with van der Waals surface area (Å²) in [6.07, 6.45) is 9.34. The van der Waals surface area contributed by atoms with E-state index in [1.165, 1.54) is 0 Å². The SMILES string of the molecule is Cc1nccn1-c1cncc(N2CCC(NCCO)CC2)n1. The first-order valence-corrected chi connectivity index (χ1v) is 7.69. The zero-order chi connectivity index (χ0) is 15.4. The van der Waals surface area contributed by atoms with Crippen molar-refractivity contribution < 1.29 is 5.11 Å². The third kappa shape index (κ3) is 3.26. The number of aromatic nitrogens is 4. The first kappa shape index (κ1) is 14.9. The quantitative estimate of drug-likeness (QED) is 0.838. The summed E-state index contributed by atoms with van der Waals surface area (Å²) in [5.41, 5.74) is 0. The van der Waals surface area contributed by atoms with Gasteiger partial charge in [0.1, 0.15) is 11.6 Å². The summed E-state index contributed by atoms with van der Waals surface area (Å²) in [6.45, 7) is 4.71. The van der Waals surface area contributed by atoms with E-state index < -0.39 is 0 Å². The molecule has 2 aromatic rings. The Morgan fingerprint density at radius 3 is 2.73 bits per heavy atom. The van der Waals surface area contributed by atoms with Gasteiger partial charge >= 0.3 is 0 Å². The molecule has 0 aromatic carbocycles. The minimum Gasteiger partial charge on any atom is -0.395 e. The Bertz CT molecular complexity index is 606. The lowest BCUT2D eigenvalue weighted by molar-refractivity contribution is 0.277. The highest BCUT2D eigenvalue weighted by atomic mass is 16.3. The second-order valence-corrected chi connectivity index (χ2v) is 5.52. The molecule has 1 aliphatic rings. The van der Waals surface area contributed by atoms with E-state index in [0.717, 1.165) is 43.4 Å². The lowest BCUT2D eigenvalue weighted by Gasteiger charge is -2.33. The highest BCUT2D eigenvalue weighted by Crippen LogP contribution is 2.18. The van der Waals surface area contributed by atoms with Gasteiger partial charge in [-0.15, -0.1) is 0 Å². The van der Waals surface area contributed by atoms with Crippen molar-refractivity contribution in [3.63, 3.8) is 0 Å². The highest BCUT2D eigenvalue weighted by molar-refractivity contribution is 5.40. The predicted molar refractivity (Wildman–Crippen MR) is 84.2 cm³/mol. The molecule has 7 nitrogen and oxygen atoms in total. The van der Waals surface area contributed by atoms with Crippen molar-refractivity contribution in [2.45, 2.75) is 25.8 Å². The molecule has 0 aliphatic carbocycles. The zero-order valence-corrected chi connectivity index (χ0v) is 12.8. The summed E-state index contributed by atoms with van der Waals surface area (Å²) in [4.78, 5) is 15.5. The van der Waals surface area contributed by atoms with Crippen LogP contribution in [0.25, 0.3) is 5.82 Å². The fraction of sp³-hybridized carbons (Fsp3) is 0.533. The maximum atomic E-state index is 8.87. The van der Waals surface area contributed by atoms with Crippen molar-refractivity contribution >= 4 is 5.82 Å². The molecule has 0 radical (unpaired) electrons. The molecular formula is C15H22N6O. The van der Waals surface area contributed by atoms with Crippen LogP contribution in [-0.2, 0) is 0 Å². The van der Waals surface area contributed by atoms with Crippen molar-refractivity contribution in [2.75, 3.05) is 31.1 Å². The minimum atomic E-state index is 0.192. The summed E-state index contributed by atoms with van der Waals surface area (Å²) >= 11 is 0. The Balaban J connectivity index is 1.68. The molecule has 2 aromatic heterocycles. The van der Waals surface area contributed by atoms with Gasteiger partial charge in [0.05, 0.1) is 19.0 Å². The number of rotatable bonds is 5. The monoisotopic (exact) mass is 302 g/mol. The van der Waals surface area contributed by atoms with Gasteiger partial charge < -0.3 is 15.3 Å². The molecule has 0 amide bonds. The summed E-state index contributed by atoms with van der Waals surface area (Å²) in [7, 11) is 0. The van der Waals surface area contributed by atoms with E-state index >= 15 is 0 Å². The lowest BCUT2D eigenvalue weighted by Crippen LogP contribution is -2.43. The average molecular weight is 302 g/mol. The molecule has 0 unspecified atom stereocenters. The van der Waals surface area contributed by atoms with E-state index in [-0.39, 0.29) is 6.61 Å². The second-order valence-electron chi connectivity index (χ2n) is 5.52. The fourth-order valence-corrected chi connectivity index (χ4v) is 2.82. The van der Waals surface area contributed by atoms with Crippen LogP contribution in [0.2, 0.25) is 0 Å². The van der Waals surface area contributed by atoms with Crippen LogP contribution in [0.5, 0.6) is 0 Å². The van der Waals surface area contributed by atoms with E-state index in [1.807, 2.05) is 23.9 Å². The summed E-state index contributed by atoms with van der Waals surface area (Å²) in [5, 5.41) is 12.2. The van der Waals surface area contributed by atoms with Crippen LogP contribution in [0, 0.1) is 6.92 Å². The molecule has 0 atom stereocenters. The maximum absolute atomic E-state index is 8.87. The molecule has 0 bridgehead atoms. The number of hydrogen-bond acceptors (Lipinski definition) is 6. The smallest absolute Gasteiger partial charge is 0.159 e. The predicted octanol–water partition coefficient (Wildman–Crippen LogP) is 0.521. The van der Waals surface area contributed by atoms with Crippen molar-refractivity contribution in [3.05, 3.63) is 30.6 Å².